The van der Waals surface area contributed by atoms with Crippen molar-refractivity contribution < 1.29 is 27.8 Å². The van der Waals surface area contributed by atoms with Crippen molar-refractivity contribution in [2.75, 3.05) is 14.1 Å². The molecule has 0 spiro atoms. The molecule has 0 fully saturated rings. The van der Waals surface area contributed by atoms with Crippen molar-refractivity contribution in [1.29, 1.82) is 0 Å². The summed E-state index contributed by atoms with van der Waals surface area (Å²) in [5.74, 6) is 1.30. The molecule has 2 rings (SSSR count). The van der Waals surface area contributed by atoms with Crippen LogP contribution in [-0.2, 0) is 6.18 Å². The fraction of sp³-hybridized carbons (Fsp3) is 0.409. The number of benzene rings is 2. The summed E-state index contributed by atoms with van der Waals surface area (Å²) in [5.41, 5.74) is 0.149. The van der Waals surface area contributed by atoms with E-state index in [1.165, 1.54) is 12.1 Å². The van der Waals surface area contributed by atoms with Gasteiger partial charge in [0.2, 0.25) is 0 Å². The molecule has 0 aliphatic heterocycles. The van der Waals surface area contributed by atoms with Crippen LogP contribution in [0.1, 0.15) is 32.3 Å². The first-order valence-corrected chi connectivity index (χ1v) is 9.62. The van der Waals surface area contributed by atoms with Crippen molar-refractivity contribution in [2.24, 2.45) is 5.10 Å². The number of aliphatic hydroxyl groups is 1. The highest BCUT2D eigenvalue weighted by molar-refractivity contribution is 5.84. The van der Waals surface area contributed by atoms with Crippen molar-refractivity contribution in [2.45, 2.75) is 45.1 Å². The third kappa shape index (κ3) is 7.26. The summed E-state index contributed by atoms with van der Waals surface area (Å²) < 4.78 is 49.2. The number of hydrogen-bond donors (Lipinski definition) is 1. The Morgan fingerprint density at radius 1 is 1.00 bits per heavy atom. The zero-order valence-corrected chi connectivity index (χ0v) is 17.5. The van der Waals surface area contributed by atoms with Crippen LogP contribution in [0.3, 0.4) is 0 Å². The quantitative estimate of drug-likeness (QED) is 0.436. The van der Waals surface area contributed by atoms with Gasteiger partial charge in [-0.25, -0.2) is 0 Å². The van der Waals surface area contributed by atoms with E-state index in [1.54, 1.807) is 36.2 Å². The lowest BCUT2D eigenvalue weighted by Crippen LogP contribution is -2.31. The number of hydrazone groups is 1. The number of hydrogen-bond acceptors (Lipinski definition) is 5. The lowest BCUT2D eigenvalue weighted by atomic mass is 10.1. The number of aliphatic hydroxyl groups excluding tert-OH is 1. The normalized spacial score (nSPS) is 14.2. The SMILES string of the molecule is CCC(CC(O)C(C)Oc1ccc(Oc2ccc(C(F)(F)F)cc2)cc1)=NN(C)C. The highest BCUT2D eigenvalue weighted by atomic mass is 19.4. The number of alkyl halides is 3. The number of halogens is 3. The molecule has 0 bridgehead atoms. The van der Waals surface area contributed by atoms with E-state index < -0.39 is 23.9 Å². The van der Waals surface area contributed by atoms with Gasteiger partial charge in [0, 0.05) is 26.2 Å². The van der Waals surface area contributed by atoms with Crippen molar-refractivity contribution in [3.8, 4) is 17.2 Å². The molecule has 1 N–H and O–H groups in total. The first-order chi connectivity index (χ1) is 14.1. The Labute approximate surface area is 174 Å². The maximum absolute atomic E-state index is 12.6. The lowest BCUT2D eigenvalue weighted by Gasteiger charge is -2.21. The minimum atomic E-state index is -4.38. The molecule has 0 aliphatic rings. The number of rotatable bonds is 9. The first kappa shape index (κ1) is 23.5. The van der Waals surface area contributed by atoms with Gasteiger partial charge >= 0.3 is 6.18 Å². The number of nitrogens with zero attached hydrogens (tertiary/aromatic N) is 2. The van der Waals surface area contributed by atoms with Crippen molar-refractivity contribution in [3.05, 3.63) is 54.1 Å². The summed E-state index contributed by atoms with van der Waals surface area (Å²) in [6.07, 6.45) is -4.41. The lowest BCUT2D eigenvalue weighted by molar-refractivity contribution is -0.137. The second-order valence-electron chi connectivity index (χ2n) is 7.06. The first-order valence-electron chi connectivity index (χ1n) is 9.62. The van der Waals surface area contributed by atoms with Crippen molar-refractivity contribution in [1.82, 2.24) is 5.01 Å². The maximum atomic E-state index is 12.6. The summed E-state index contributed by atoms with van der Waals surface area (Å²) in [6, 6.07) is 11.1. The van der Waals surface area contributed by atoms with E-state index in [4.69, 9.17) is 9.47 Å². The smallest absolute Gasteiger partial charge is 0.416 e. The molecule has 0 aliphatic carbocycles. The second kappa shape index (κ2) is 10.3. The predicted molar refractivity (Wildman–Crippen MR) is 110 cm³/mol. The van der Waals surface area contributed by atoms with Crippen LogP contribution in [0.5, 0.6) is 17.2 Å². The Morgan fingerprint density at radius 2 is 1.50 bits per heavy atom. The van der Waals surface area contributed by atoms with Gasteiger partial charge in [0.15, 0.2) is 0 Å². The van der Waals surface area contributed by atoms with Gasteiger partial charge in [-0.15, -0.1) is 0 Å². The molecule has 0 saturated heterocycles. The van der Waals surface area contributed by atoms with Gasteiger partial charge in [0.1, 0.15) is 23.4 Å². The highest BCUT2D eigenvalue weighted by Crippen LogP contribution is 2.31. The third-order valence-electron chi connectivity index (χ3n) is 4.30. The second-order valence-corrected chi connectivity index (χ2v) is 7.06. The van der Waals surface area contributed by atoms with Gasteiger partial charge in [0.25, 0.3) is 0 Å². The fourth-order valence-electron chi connectivity index (χ4n) is 2.67. The Balaban J connectivity index is 1.93. The molecule has 2 aromatic carbocycles. The molecule has 164 valence electrons. The van der Waals surface area contributed by atoms with E-state index in [2.05, 4.69) is 5.10 Å². The van der Waals surface area contributed by atoms with Gasteiger partial charge in [-0.3, -0.25) is 0 Å². The molecule has 30 heavy (non-hydrogen) atoms. The summed E-state index contributed by atoms with van der Waals surface area (Å²) >= 11 is 0. The van der Waals surface area contributed by atoms with Crippen LogP contribution in [0.15, 0.2) is 53.6 Å². The van der Waals surface area contributed by atoms with E-state index in [0.717, 1.165) is 24.3 Å². The third-order valence-corrected chi connectivity index (χ3v) is 4.30. The molecular weight excluding hydrogens is 397 g/mol. The van der Waals surface area contributed by atoms with E-state index in [1.807, 2.05) is 21.0 Å². The van der Waals surface area contributed by atoms with E-state index >= 15 is 0 Å². The molecule has 0 amide bonds. The van der Waals surface area contributed by atoms with E-state index in [-0.39, 0.29) is 0 Å². The topological polar surface area (TPSA) is 54.3 Å². The Hall–Kier alpha value is -2.74. The van der Waals surface area contributed by atoms with Gasteiger partial charge in [-0.2, -0.15) is 18.3 Å². The van der Waals surface area contributed by atoms with Gasteiger partial charge < -0.3 is 19.6 Å². The van der Waals surface area contributed by atoms with Crippen molar-refractivity contribution in [3.63, 3.8) is 0 Å². The minimum Gasteiger partial charge on any atom is -0.488 e. The molecule has 2 unspecified atom stereocenters. The van der Waals surface area contributed by atoms with Crippen LogP contribution < -0.4 is 9.47 Å². The molecule has 2 aromatic rings. The molecule has 2 atom stereocenters. The van der Waals surface area contributed by atoms with E-state index in [9.17, 15) is 18.3 Å². The fourth-order valence-corrected chi connectivity index (χ4v) is 2.67. The Morgan fingerprint density at radius 3 is 1.97 bits per heavy atom. The van der Waals surface area contributed by atoms with E-state index in [0.29, 0.717) is 23.7 Å². The predicted octanol–water partition coefficient (Wildman–Crippen LogP) is 5.34. The monoisotopic (exact) mass is 424 g/mol. The Bertz CT molecular complexity index is 819. The van der Waals surface area contributed by atoms with Crippen LogP contribution in [0, 0.1) is 0 Å². The van der Waals surface area contributed by atoms with Crippen LogP contribution in [0.4, 0.5) is 13.2 Å². The molecule has 0 radical (unpaired) electrons. The molecule has 0 saturated carbocycles. The zero-order chi connectivity index (χ0) is 22.3. The number of ether oxygens (including phenoxy) is 2. The minimum absolute atomic E-state index is 0.299. The summed E-state index contributed by atoms with van der Waals surface area (Å²) in [4.78, 5) is 0. The molecule has 0 heterocycles. The molecule has 5 nitrogen and oxygen atoms in total. The highest BCUT2D eigenvalue weighted by Gasteiger charge is 2.30. The van der Waals surface area contributed by atoms with Crippen LogP contribution in [0.25, 0.3) is 0 Å². The van der Waals surface area contributed by atoms with Crippen LogP contribution in [-0.4, -0.2) is 42.1 Å². The van der Waals surface area contributed by atoms with Gasteiger partial charge in [-0.1, -0.05) is 6.92 Å². The molecule has 0 aromatic heterocycles. The Kier molecular flexibility index (Phi) is 8.11. The molecular formula is C22H27F3N2O3. The van der Waals surface area contributed by atoms with Gasteiger partial charge in [0.05, 0.1) is 11.7 Å². The summed E-state index contributed by atoms with van der Waals surface area (Å²) in [6.45, 7) is 3.76. The average molecular weight is 424 g/mol. The van der Waals surface area contributed by atoms with Crippen LogP contribution >= 0.6 is 0 Å². The maximum Gasteiger partial charge on any atom is 0.416 e. The largest absolute Gasteiger partial charge is 0.488 e. The standard InChI is InChI=1S/C22H27F3N2O3/c1-5-17(26-27(3)4)14-21(28)15(2)29-18-10-12-20(13-11-18)30-19-8-6-16(7-9-19)22(23,24)25/h6-13,15,21,28H,5,14H2,1-4H3. The van der Waals surface area contributed by atoms with Crippen molar-refractivity contribution >= 4 is 5.71 Å². The van der Waals surface area contributed by atoms with Gasteiger partial charge in [-0.05, 0) is 61.9 Å². The molecule has 8 heteroatoms. The van der Waals surface area contributed by atoms with Crippen LogP contribution in [0.2, 0.25) is 0 Å². The average Bonchev–Trinajstić information content (AvgIpc) is 2.68. The summed E-state index contributed by atoms with van der Waals surface area (Å²) in [7, 11) is 3.66. The summed E-state index contributed by atoms with van der Waals surface area (Å²) in [5, 5.41) is 16.4. The zero-order valence-electron chi connectivity index (χ0n) is 17.5.